The molecule has 1 fully saturated rings. The number of H-pyrrole nitrogens is 1. The third-order valence-electron chi connectivity index (χ3n) is 2.77. The third-order valence-corrected chi connectivity index (χ3v) is 3.08. The standard InChI is InChI=1S/C9H16N4S.ClH/c1-2-13-8(11-12-9(13)14)7-4-3-5-10-6-7;/h7,10H,2-6H2,1H3,(H,12,14);1H. The molecule has 0 amide bonds. The van der Waals surface area contributed by atoms with Gasteiger partial charge in [-0.2, -0.15) is 5.10 Å². The Morgan fingerprint density at radius 3 is 3.00 bits per heavy atom. The Balaban J connectivity index is 0.00000112. The summed E-state index contributed by atoms with van der Waals surface area (Å²) in [5.41, 5.74) is 0. The summed E-state index contributed by atoms with van der Waals surface area (Å²) in [6.45, 7) is 5.17. The number of nitrogens with one attached hydrogen (secondary N) is 2. The van der Waals surface area contributed by atoms with E-state index in [1.807, 2.05) is 0 Å². The maximum absolute atomic E-state index is 5.17. The van der Waals surface area contributed by atoms with Crippen molar-refractivity contribution in [2.45, 2.75) is 32.2 Å². The molecule has 1 saturated heterocycles. The molecule has 1 atom stereocenters. The van der Waals surface area contributed by atoms with E-state index < -0.39 is 0 Å². The molecule has 1 aromatic heterocycles. The van der Waals surface area contributed by atoms with Crippen molar-refractivity contribution >= 4 is 24.6 Å². The lowest BCUT2D eigenvalue weighted by atomic mass is 9.99. The first-order valence-corrected chi connectivity index (χ1v) is 5.59. The SMILES string of the molecule is CCn1c(C2CCCNC2)n[nH]c1=S.Cl. The lowest BCUT2D eigenvalue weighted by Gasteiger charge is -2.22. The van der Waals surface area contributed by atoms with E-state index >= 15 is 0 Å². The molecule has 1 unspecified atom stereocenters. The van der Waals surface area contributed by atoms with Crippen LogP contribution in [0.1, 0.15) is 31.5 Å². The van der Waals surface area contributed by atoms with E-state index in [1.165, 1.54) is 12.8 Å². The van der Waals surface area contributed by atoms with E-state index in [2.05, 4.69) is 27.0 Å². The summed E-state index contributed by atoms with van der Waals surface area (Å²) >= 11 is 5.17. The third kappa shape index (κ3) is 2.59. The van der Waals surface area contributed by atoms with Crippen LogP contribution in [0.3, 0.4) is 0 Å². The minimum atomic E-state index is 0. The van der Waals surface area contributed by atoms with Gasteiger partial charge in [-0.25, -0.2) is 0 Å². The molecule has 2 N–H and O–H groups in total. The molecular formula is C9H17ClN4S. The fraction of sp³-hybridized carbons (Fsp3) is 0.778. The number of rotatable bonds is 2. The molecule has 0 saturated carbocycles. The molecule has 2 heterocycles. The second-order valence-corrected chi connectivity index (χ2v) is 4.06. The molecule has 0 spiro atoms. The van der Waals surface area contributed by atoms with Crippen LogP contribution < -0.4 is 5.32 Å². The Morgan fingerprint density at radius 1 is 1.60 bits per heavy atom. The monoisotopic (exact) mass is 248 g/mol. The summed E-state index contributed by atoms with van der Waals surface area (Å²) in [5.74, 6) is 1.64. The molecule has 0 bridgehead atoms. The summed E-state index contributed by atoms with van der Waals surface area (Å²) in [7, 11) is 0. The zero-order valence-electron chi connectivity index (χ0n) is 8.82. The molecule has 2 rings (SSSR count). The highest BCUT2D eigenvalue weighted by Crippen LogP contribution is 2.21. The van der Waals surface area contributed by atoms with Crippen LogP contribution in [-0.2, 0) is 6.54 Å². The first kappa shape index (κ1) is 12.7. The molecule has 6 heteroatoms. The van der Waals surface area contributed by atoms with Gasteiger partial charge in [0.2, 0.25) is 0 Å². The smallest absolute Gasteiger partial charge is 0.195 e. The second-order valence-electron chi connectivity index (χ2n) is 3.67. The van der Waals surface area contributed by atoms with Gasteiger partial charge in [-0.1, -0.05) is 0 Å². The first-order chi connectivity index (χ1) is 6.83. The van der Waals surface area contributed by atoms with Gasteiger partial charge >= 0.3 is 0 Å². The molecule has 1 aliphatic heterocycles. The van der Waals surface area contributed by atoms with Crippen molar-refractivity contribution in [3.05, 3.63) is 10.6 Å². The van der Waals surface area contributed by atoms with Crippen molar-refractivity contribution in [2.75, 3.05) is 13.1 Å². The number of nitrogens with zero attached hydrogens (tertiary/aromatic N) is 2. The van der Waals surface area contributed by atoms with Crippen LogP contribution in [-0.4, -0.2) is 27.9 Å². The Kier molecular flexibility index (Phi) is 4.76. The maximum Gasteiger partial charge on any atom is 0.195 e. The fourth-order valence-electron chi connectivity index (χ4n) is 2.02. The molecule has 0 radical (unpaired) electrons. The molecule has 0 aromatic carbocycles. The van der Waals surface area contributed by atoms with Gasteiger partial charge < -0.3 is 9.88 Å². The fourth-order valence-corrected chi connectivity index (χ4v) is 2.29. The molecule has 4 nitrogen and oxygen atoms in total. The number of halogens is 1. The molecule has 1 aromatic rings. The average Bonchev–Trinajstić information content (AvgIpc) is 2.61. The van der Waals surface area contributed by atoms with Crippen molar-refractivity contribution in [1.29, 1.82) is 0 Å². The number of piperidine rings is 1. The predicted molar refractivity (Wildman–Crippen MR) is 65.2 cm³/mol. The van der Waals surface area contributed by atoms with Gasteiger partial charge in [0, 0.05) is 19.0 Å². The summed E-state index contributed by atoms with van der Waals surface area (Å²) in [5, 5.41) is 10.6. The van der Waals surface area contributed by atoms with Crippen LogP contribution in [0.5, 0.6) is 0 Å². The van der Waals surface area contributed by atoms with Crippen LogP contribution >= 0.6 is 24.6 Å². The van der Waals surface area contributed by atoms with Crippen molar-refractivity contribution < 1.29 is 0 Å². The van der Waals surface area contributed by atoms with Gasteiger partial charge in [-0.05, 0) is 38.5 Å². The number of hydrogen-bond acceptors (Lipinski definition) is 3. The van der Waals surface area contributed by atoms with Crippen molar-refractivity contribution in [2.24, 2.45) is 0 Å². The summed E-state index contributed by atoms with van der Waals surface area (Å²) in [6, 6.07) is 0. The van der Waals surface area contributed by atoms with Gasteiger partial charge in [-0.3, -0.25) is 5.10 Å². The number of aromatic nitrogens is 3. The van der Waals surface area contributed by atoms with E-state index in [9.17, 15) is 0 Å². The minimum absolute atomic E-state index is 0. The lowest BCUT2D eigenvalue weighted by Crippen LogP contribution is -2.30. The van der Waals surface area contributed by atoms with E-state index in [-0.39, 0.29) is 12.4 Å². The minimum Gasteiger partial charge on any atom is -0.316 e. The predicted octanol–water partition coefficient (Wildman–Crippen LogP) is 1.85. The highest BCUT2D eigenvalue weighted by Gasteiger charge is 2.20. The van der Waals surface area contributed by atoms with E-state index in [0.717, 1.165) is 30.2 Å². The van der Waals surface area contributed by atoms with Crippen LogP contribution in [0.2, 0.25) is 0 Å². The van der Waals surface area contributed by atoms with E-state index in [4.69, 9.17) is 12.2 Å². The molecule has 1 aliphatic rings. The maximum atomic E-state index is 5.17. The Labute approximate surface area is 101 Å². The van der Waals surface area contributed by atoms with Crippen LogP contribution in [0.4, 0.5) is 0 Å². The molecule has 86 valence electrons. The van der Waals surface area contributed by atoms with Crippen molar-refractivity contribution in [3.8, 4) is 0 Å². The zero-order valence-corrected chi connectivity index (χ0v) is 10.5. The Hall–Kier alpha value is -0.390. The lowest BCUT2D eigenvalue weighted by molar-refractivity contribution is 0.433. The van der Waals surface area contributed by atoms with Crippen LogP contribution in [0, 0.1) is 4.77 Å². The van der Waals surface area contributed by atoms with E-state index in [1.54, 1.807) is 0 Å². The van der Waals surface area contributed by atoms with Gasteiger partial charge in [0.1, 0.15) is 5.82 Å². The van der Waals surface area contributed by atoms with Crippen LogP contribution in [0.25, 0.3) is 0 Å². The Bertz CT molecular complexity index is 353. The summed E-state index contributed by atoms with van der Waals surface area (Å²) in [6.07, 6.45) is 2.45. The highest BCUT2D eigenvalue weighted by molar-refractivity contribution is 7.71. The second kappa shape index (κ2) is 5.63. The number of hydrogen-bond donors (Lipinski definition) is 2. The van der Waals surface area contributed by atoms with Crippen LogP contribution in [0.15, 0.2) is 0 Å². The van der Waals surface area contributed by atoms with E-state index in [0.29, 0.717) is 5.92 Å². The topological polar surface area (TPSA) is 45.6 Å². The van der Waals surface area contributed by atoms with Crippen molar-refractivity contribution in [1.82, 2.24) is 20.1 Å². The molecular weight excluding hydrogens is 232 g/mol. The highest BCUT2D eigenvalue weighted by atomic mass is 35.5. The van der Waals surface area contributed by atoms with Gasteiger partial charge in [0.05, 0.1) is 0 Å². The summed E-state index contributed by atoms with van der Waals surface area (Å²) in [4.78, 5) is 0. The molecule has 15 heavy (non-hydrogen) atoms. The van der Waals surface area contributed by atoms with Gasteiger partial charge in [-0.15, -0.1) is 12.4 Å². The number of aromatic amines is 1. The largest absolute Gasteiger partial charge is 0.316 e. The van der Waals surface area contributed by atoms with Gasteiger partial charge in [0.15, 0.2) is 4.77 Å². The molecule has 0 aliphatic carbocycles. The zero-order chi connectivity index (χ0) is 9.97. The van der Waals surface area contributed by atoms with Crippen molar-refractivity contribution in [3.63, 3.8) is 0 Å². The quantitative estimate of drug-likeness (QED) is 0.786. The summed E-state index contributed by atoms with van der Waals surface area (Å²) < 4.78 is 2.83. The average molecular weight is 249 g/mol. The Morgan fingerprint density at radius 2 is 2.40 bits per heavy atom. The van der Waals surface area contributed by atoms with Gasteiger partial charge in [0.25, 0.3) is 0 Å². The normalized spacial score (nSPS) is 21.0. The first-order valence-electron chi connectivity index (χ1n) is 5.18.